The molecule has 3 heteroatoms. The van der Waals surface area contributed by atoms with Gasteiger partial charge in [0, 0.05) is 5.57 Å². The fourth-order valence-corrected chi connectivity index (χ4v) is 0. The smallest absolute Gasteiger partial charge is 0.330 e. The van der Waals surface area contributed by atoms with Crippen LogP contribution in [-0.2, 0) is 4.79 Å². The van der Waals surface area contributed by atoms with Gasteiger partial charge in [-0.15, -0.1) is 0 Å². The van der Waals surface area contributed by atoms with E-state index in [0.717, 1.165) is 0 Å². The van der Waals surface area contributed by atoms with Crippen LogP contribution in [0.25, 0.3) is 0 Å². The molecule has 0 spiro atoms. The largest absolute Gasteiger partial charge is 0.478 e. The third-order valence-electron chi connectivity index (χ3n) is 0.365. The SMILES string of the molecule is C=C(C)C(=O)O.CC=N. The summed E-state index contributed by atoms with van der Waals surface area (Å²) in [6.45, 7) is 6.27. The van der Waals surface area contributed by atoms with Crippen molar-refractivity contribution in [3.63, 3.8) is 0 Å². The van der Waals surface area contributed by atoms with E-state index in [1.807, 2.05) is 0 Å². The van der Waals surface area contributed by atoms with Crippen molar-refractivity contribution in [2.45, 2.75) is 13.8 Å². The average Bonchev–Trinajstić information content (AvgIpc) is 1.68. The summed E-state index contributed by atoms with van der Waals surface area (Å²) in [5.74, 6) is -0.935. The summed E-state index contributed by atoms with van der Waals surface area (Å²) >= 11 is 0. The van der Waals surface area contributed by atoms with Gasteiger partial charge in [0.1, 0.15) is 0 Å². The first-order chi connectivity index (χ1) is 4.06. The molecule has 0 saturated heterocycles. The van der Waals surface area contributed by atoms with Gasteiger partial charge in [-0.3, -0.25) is 0 Å². The molecule has 0 saturated carbocycles. The molecule has 0 aromatic heterocycles. The van der Waals surface area contributed by atoms with Gasteiger partial charge in [0.15, 0.2) is 0 Å². The maximum atomic E-state index is 9.60. The molecule has 0 aliphatic carbocycles. The molecule has 0 bridgehead atoms. The molecule has 9 heavy (non-hydrogen) atoms. The van der Waals surface area contributed by atoms with E-state index in [-0.39, 0.29) is 5.57 Å². The van der Waals surface area contributed by atoms with E-state index in [1.165, 1.54) is 13.1 Å². The van der Waals surface area contributed by atoms with E-state index in [1.54, 1.807) is 6.92 Å². The Labute approximate surface area is 54.5 Å². The second-order valence-electron chi connectivity index (χ2n) is 1.37. The van der Waals surface area contributed by atoms with Gasteiger partial charge in [0.25, 0.3) is 0 Å². The summed E-state index contributed by atoms with van der Waals surface area (Å²) < 4.78 is 0. The van der Waals surface area contributed by atoms with Gasteiger partial charge in [-0.05, 0) is 20.1 Å². The quantitative estimate of drug-likeness (QED) is 0.414. The molecule has 0 rings (SSSR count). The number of aliphatic carboxylic acids is 1. The number of hydrogen-bond acceptors (Lipinski definition) is 2. The van der Waals surface area contributed by atoms with Crippen LogP contribution in [0.4, 0.5) is 0 Å². The Balaban J connectivity index is 0. The summed E-state index contributed by atoms with van der Waals surface area (Å²) in [6, 6.07) is 0. The van der Waals surface area contributed by atoms with Crippen molar-refractivity contribution in [3.05, 3.63) is 12.2 Å². The van der Waals surface area contributed by atoms with Crippen LogP contribution in [0.3, 0.4) is 0 Å². The maximum Gasteiger partial charge on any atom is 0.330 e. The van der Waals surface area contributed by atoms with Crippen LogP contribution in [0, 0.1) is 5.41 Å². The van der Waals surface area contributed by atoms with Crippen molar-refractivity contribution in [2.24, 2.45) is 0 Å². The highest BCUT2D eigenvalue weighted by molar-refractivity contribution is 5.84. The summed E-state index contributed by atoms with van der Waals surface area (Å²) in [4.78, 5) is 9.60. The Morgan fingerprint density at radius 2 is 1.89 bits per heavy atom. The molecule has 0 unspecified atom stereocenters. The second kappa shape index (κ2) is 6.88. The number of carbonyl (C=O) groups is 1. The van der Waals surface area contributed by atoms with Crippen LogP contribution in [0.1, 0.15) is 13.8 Å². The van der Waals surface area contributed by atoms with E-state index in [9.17, 15) is 4.79 Å². The molecule has 52 valence electrons. The molecule has 0 aliphatic rings. The minimum atomic E-state index is -0.935. The van der Waals surface area contributed by atoms with E-state index in [4.69, 9.17) is 10.5 Å². The Kier molecular flexibility index (Phi) is 8.25. The van der Waals surface area contributed by atoms with Crippen LogP contribution in [0.15, 0.2) is 12.2 Å². The summed E-state index contributed by atoms with van der Waals surface area (Å²) in [5.41, 5.74) is 0.176. The molecule has 0 aromatic rings. The first-order valence-electron chi connectivity index (χ1n) is 2.40. The van der Waals surface area contributed by atoms with E-state index < -0.39 is 5.97 Å². The van der Waals surface area contributed by atoms with Crippen LogP contribution in [-0.4, -0.2) is 17.3 Å². The van der Waals surface area contributed by atoms with Crippen molar-refractivity contribution in [1.29, 1.82) is 5.41 Å². The average molecular weight is 129 g/mol. The highest BCUT2D eigenvalue weighted by Gasteiger charge is 1.90. The molecule has 0 atom stereocenters. The number of carboxylic acid groups (broad SMARTS) is 1. The fraction of sp³-hybridized carbons (Fsp3) is 0.333. The predicted molar refractivity (Wildman–Crippen MR) is 36.9 cm³/mol. The fourth-order valence-electron chi connectivity index (χ4n) is 0. The van der Waals surface area contributed by atoms with Crippen molar-refractivity contribution >= 4 is 12.2 Å². The van der Waals surface area contributed by atoms with Gasteiger partial charge in [0.2, 0.25) is 0 Å². The summed E-state index contributed by atoms with van der Waals surface area (Å²) in [5, 5.41) is 14.0. The van der Waals surface area contributed by atoms with Crippen molar-refractivity contribution in [3.8, 4) is 0 Å². The van der Waals surface area contributed by atoms with Crippen LogP contribution >= 0.6 is 0 Å². The zero-order valence-corrected chi connectivity index (χ0v) is 5.64. The number of carboxylic acids is 1. The van der Waals surface area contributed by atoms with Crippen molar-refractivity contribution in [1.82, 2.24) is 0 Å². The highest BCUT2D eigenvalue weighted by atomic mass is 16.4. The molecular weight excluding hydrogens is 118 g/mol. The molecule has 0 radical (unpaired) electrons. The van der Waals surface area contributed by atoms with Crippen LogP contribution < -0.4 is 0 Å². The minimum absolute atomic E-state index is 0.176. The molecule has 3 nitrogen and oxygen atoms in total. The van der Waals surface area contributed by atoms with Crippen LogP contribution in [0.2, 0.25) is 0 Å². The molecule has 2 N–H and O–H groups in total. The van der Waals surface area contributed by atoms with Crippen molar-refractivity contribution < 1.29 is 9.90 Å². The molecule has 0 fully saturated rings. The third-order valence-corrected chi connectivity index (χ3v) is 0.365. The second-order valence-corrected chi connectivity index (χ2v) is 1.37. The lowest BCUT2D eigenvalue weighted by atomic mass is 10.4. The molecular formula is C6H11NO2. The van der Waals surface area contributed by atoms with Gasteiger partial charge < -0.3 is 10.5 Å². The zero-order valence-electron chi connectivity index (χ0n) is 5.64. The minimum Gasteiger partial charge on any atom is -0.478 e. The lowest BCUT2D eigenvalue weighted by Gasteiger charge is -1.79. The van der Waals surface area contributed by atoms with E-state index in [0.29, 0.717) is 0 Å². The Morgan fingerprint density at radius 3 is 1.89 bits per heavy atom. The van der Waals surface area contributed by atoms with Gasteiger partial charge in [-0.1, -0.05) is 6.58 Å². The lowest BCUT2D eigenvalue weighted by molar-refractivity contribution is -0.132. The molecule has 0 heterocycles. The Bertz CT molecular complexity index is 106. The zero-order chi connectivity index (χ0) is 7.86. The topological polar surface area (TPSA) is 61.1 Å². The van der Waals surface area contributed by atoms with Crippen LogP contribution in [0.5, 0.6) is 0 Å². The molecule has 0 aromatic carbocycles. The summed E-state index contributed by atoms with van der Waals surface area (Å²) in [7, 11) is 0. The normalized spacial score (nSPS) is 6.44. The Morgan fingerprint density at radius 1 is 1.78 bits per heavy atom. The summed E-state index contributed by atoms with van der Waals surface area (Å²) in [6.07, 6.45) is 1.25. The Hall–Kier alpha value is -1.12. The highest BCUT2D eigenvalue weighted by Crippen LogP contribution is 1.81. The predicted octanol–water partition coefficient (Wildman–Crippen LogP) is 1.30. The molecule has 0 aliphatic heterocycles. The van der Waals surface area contributed by atoms with Gasteiger partial charge in [-0.25, -0.2) is 4.79 Å². The van der Waals surface area contributed by atoms with Crippen molar-refractivity contribution in [2.75, 3.05) is 0 Å². The van der Waals surface area contributed by atoms with Gasteiger partial charge >= 0.3 is 5.97 Å². The van der Waals surface area contributed by atoms with Gasteiger partial charge in [0.05, 0.1) is 0 Å². The molecule has 0 amide bonds. The van der Waals surface area contributed by atoms with E-state index in [2.05, 4.69) is 6.58 Å². The van der Waals surface area contributed by atoms with E-state index >= 15 is 0 Å². The number of nitrogens with one attached hydrogen (secondary N) is 1. The number of rotatable bonds is 1. The first-order valence-corrected chi connectivity index (χ1v) is 2.40. The number of hydrogen-bond donors (Lipinski definition) is 2. The maximum absolute atomic E-state index is 9.60. The standard InChI is InChI=1S/C4H6O2.C2H5N/c1-3(2)4(5)6;1-2-3/h1H2,2H3,(H,5,6);2-3H,1H3. The first kappa shape index (κ1) is 10.8. The lowest BCUT2D eigenvalue weighted by Crippen LogP contribution is -1.92. The third kappa shape index (κ3) is 19.8. The monoisotopic (exact) mass is 129 g/mol. The van der Waals surface area contributed by atoms with Gasteiger partial charge in [-0.2, -0.15) is 0 Å².